The van der Waals surface area contributed by atoms with Crippen molar-refractivity contribution in [3.05, 3.63) is 30.3 Å². The minimum atomic E-state index is 0.674. The molecule has 21 heavy (non-hydrogen) atoms. The van der Waals surface area contributed by atoms with E-state index in [0.717, 1.165) is 43.4 Å². The van der Waals surface area contributed by atoms with E-state index in [2.05, 4.69) is 32.1 Å². The molecule has 0 aliphatic carbocycles. The van der Waals surface area contributed by atoms with Gasteiger partial charge in [0.15, 0.2) is 5.82 Å². The highest BCUT2D eigenvalue weighted by Gasteiger charge is 2.17. The summed E-state index contributed by atoms with van der Waals surface area (Å²) >= 11 is 0. The zero-order valence-electron chi connectivity index (χ0n) is 12.4. The van der Waals surface area contributed by atoms with E-state index in [1.165, 1.54) is 12.8 Å². The van der Waals surface area contributed by atoms with Crippen LogP contribution < -0.4 is 10.2 Å². The fraction of sp³-hybridized carbons (Fsp3) is 0.438. The van der Waals surface area contributed by atoms with E-state index in [4.69, 9.17) is 0 Å². The fourth-order valence-electron chi connectivity index (χ4n) is 2.46. The van der Waals surface area contributed by atoms with Crippen LogP contribution in [-0.4, -0.2) is 34.6 Å². The van der Waals surface area contributed by atoms with Crippen LogP contribution in [0.15, 0.2) is 30.3 Å². The first kappa shape index (κ1) is 13.8. The van der Waals surface area contributed by atoms with Gasteiger partial charge >= 0.3 is 0 Å². The highest BCUT2D eigenvalue weighted by molar-refractivity contribution is 5.58. The quantitative estimate of drug-likeness (QED) is 0.914. The molecule has 5 heteroatoms. The molecule has 1 aliphatic heterocycles. The summed E-state index contributed by atoms with van der Waals surface area (Å²) in [6, 6.07) is 10.1. The number of hydrogen-bond donors (Lipinski definition) is 1. The first-order valence-corrected chi connectivity index (χ1v) is 7.67. The molecule has 0 saturated carbocycles. The number of benzene rings is 1. The Balaban J connectivity index is 1.96. The Morgan fingerprint density at radius 2 is 1.81 bits per heavy atom. The second kappa shape index (κ2) is 6.52. The fourth-order valence-corrected chi connectivity index (χ4v) is 2.46. The van der Waals surface area contributed by atoms with Gasteiger partial charge in [0.2, 0.25) is 11.9 Å². The van der Waals surface area contributed by atoms with Gasteiger partial charge in [0.05, 0.1) is 0 Å². The molecule has 0 bridgehead atoms. The van der Waals surface area contributed by atoms with Crippen LogP contribution in [0.2, 0.25) is 0 Å². The van der Waals surface area contributed by atoms with E-state index in [9.17, 15) is 0 Å². The first-order chi connectivity index (χ1) is 10.4. The van der Waals surface area contributed by atoms with Crippen LogP contribution >= 0.6 is 0 Å². The lowest BCUT2D eigenvalue weighted by molar-refractivity contribution is 0.873. The summed E-state index contributed by atoms with van der Waals surface area (Å²) in [7, 11) is 0. The van der Waals surface area contributed by atoms with Crippen molar-refractivity contribution in [2.45, 2.75) is 26.2 Å². The average Bonchev–Trinajstić information content (AvgIpc) is 3.08. The second-order valence-electron chi connectivity index (χ2n) is 5.27. The molecule has 1 aromatic carbocycles. The molecular formula is C16H21N5. The Morgan fingerprint density at radius 1 is 1.05 bits per heavy atom. The molecular weight excluding hydrogens is 262 g/mol. The van der Waals surface area contributed by atoms with Crippen molar-refractivity contribution in [2.75, 3.05) is 29.9 Å². The summed E-state index contributed by atoms with van der Waals surface area (Å²) < 4.78 is 0. The van der Waals surface area contributed by atoms with Crippen LogP contribution in [-0.2, 0) is 0 Å². The molecule has 0 amide bonds. The van der Waals surface area contributed by atoms with Gasteiger partial charge in [0.25, 0.3) is 0 Å². The van der Waals surface area contributed by atoms with Crippen LogP contribution in [0.3, 0.4) is 0 Å². The van der Waals surface area contributed by atoms with Gasteiger partial charge in [0, 0.05) is 25.2 Å². The molecule has 110 valence electrons. The van der Waals surface area contributed by atoms with Gasteiger partial charge in [-0.3, -0.25) is 0 Å². The summed E-state index contributed by atoms with van der Waals surface area (Å²) in [5.74, 6) is 2.21. The van der Waals surface area contributed by atoms with Crippen LogP contribution in [0, 0.1) is 0 Å². The van der Waals surface area contributed by atoms with Gasteiger partial charge in [-0.25, -0.2) is 0 Å². The van der Waals surface area contributed by atoms with Crippen LogP contribution in [0.1, 0.15) is 26.2 Å². The first-order valence-electron chi connectivity index (χ1n) is 7.67. The lowest BCUT2D eigenvalue weighted by atomic mass is 10.2. The van der Waals surface area contributed by atoms with E-state index in [1.54, 1.807) is 0 Å². The van der Waals surface area contributed by atoms with E-state index >= 15 is 0 Å². The molecule has 1 fully saturated rings. The summed E-state index contributed by atoms with van der Waals surface area (Å²) in [6.45, 7) is 5.07. The predicted molar refractivity (Wildman–Crippen MR) is 85.5 cm³/mol. The van der Waals surface area contributed by atoms with E-state index < -0.39 is 0 Å². The van der Waals surface area contributed by atoms with Gasteiger partial charge in [0.1, 0.15) is 0 Å². The van der Waals surface area contributed by atoms with Crippen molar-refractivity contribution in [2.24, 2.45) is 0 Å². The van der Waals surface area contributed by atoms with E-state index in [-0.39, 0.29) is 0 Å². The zero-order chi connectivity index (χ0) is 14.5. The number of rotatable bonds is 5. The monoisotopic (exact) mass is 283 g/mol. The van der Waals surface area contributed by atoms with Crippen molar-refractivity contribution >= 4 is 11.9 Å². The maximum Gasteiger partial charge on any atom is 0.230 e. The standard InChI is InChI=1S/C16H21N5/c1-2-10-17-15-18-14(13-8-4-3-5-9-13)19-16(20-15)21-11-6-7-12-21/h3-5,8-9H,2,6-7,10-12H2,1H3,(H,17,18,19,20). The summed E-state index contributed by atoms with van der Waals surface area (Å²) in [4.78, 5) is 16.0. The van der Waals surface area contributed by atoms with Crippen molar-refractivity contribution in [3.63, 3.8) is 0 Å². The highest BCUT2D eigenvalue weighted by atomic mass is 15.3. The van der Waals surface area contributed by atoms with E-state index in [1.807, 2.05) is 30.3 Å². The third kappa shape index (κ3) is 3.29. The van der Waals surface area contributed by atoms with Crippen LogP contribution in [0.4, 0.5) is 11.9 Å². The predicted octanol–water partition coefficient (Wildman–Crippen LogP) is 2.96. The highest BCUT2D eigenvalue weighted by Crippen LogP contribution is 2.21. The number of aromatic nitrogens is 3. The minimum absolute atomic E-state index is 0.674. The van der Waals surface area contributed by atoms with E-state index in [0.29, 0.717) is 5.95 Å². The third-order valence-electron chi connectivity index (χ3n) is 3.58. The number of nitrogens with zero attached hydrogens (tertiary/aromatic N) is 4. The molecule has 0 unspecified atom stereocenters. The SMILES string of the molecule is CCCNc1nc(-c2ccccc2)nc(N2CCCC2)n1. The number of anilines is 2. The number of hydrogen-bond acceptors (Lipinski definition) is 5. The molecule has 3 rings (SSSR count). The lowest BCUT2D eigenvalue weighted by Crippen LogP contribution is -2.22. The smallest absolute Gasteiger partial charge is 0.230 e. The molecule has 1 N–H and O–H groups in total. The Labute approximate surface area is 125 Å². The summed E-state index contributed by atoms with van der Waals surface area (Å²) in [5.41, 5.74) is 1.03. The van der Waals surface area contributed by atoms with Crippen molar-refractivity contribution < 1.29 is 0 Å². The number of nitrogens with one attached hydrogen (secondary N) is 1. The molecule has 1 aromatic heterocycles. The largest absolute Gasteiger partial charge is 0.354 e. The van der Waals surface area contributed by atoms with Gasteiger partial charge < -0.3 is 10.2 Å². The Kier molecular flexibility index (Phi) is 4.28. The summed E-state index contributed by atoms with van der Waals surface area (Å²) in [5, 5.41) is 3.28. The summed E-state index contributed by atoms with van der Waals surface area (Å²) in [6.07, 6.45) is 3.47. The molecule has 1 aliphatic rings. The Hall–Kier alpha value is -2.17. The lowest BCUT2D eigenvalue weighted by Gasteiger charge is -2.17. The van der Waals surface area contributed by atoms with Gasteiger partial charge in [-0.1, -0.05) is 37.3 Å². The average molecular weight is 283 g/mol. The van der Waals surface area contributed by atoms with Crippen LogP contribution in [0.5, 0.6) is 0 Å². The van der Waals surface area contributed by atoms with Crippen molar-refractivity contribution in [1.82, 2.24) is 15.0 Å². The van der Waals surface area contributed by atoms with Crippen LogP contribution in [0.25, 0.3) is 11.4 Å². The molecule has 2 aromatic rings. The van der Waals surface area contributed by atoms with Gasteiger partial charge in [-0.2, -0.15) is 15.0 Å². The van der Waals surface area contributed by atoms with Crippen molar-refractivity contribution in [3.8, 4) is 11.4 Å². The van der Waals surface area contributed by atoms with Gasteiger partial charge in [-0.15, -0.1) is 0 Å². The molecule has 0 radical (unpaired) electrons. The normalized spacial score (nSPS) is 14.4. The topological polar surface area (TPSA) is 53.9 Å². The maximum absolute atomic E-state index is 4.66. The zero-order valence-corrected chi connectivity index (χ0v) is 12.4. The van der Waals surface area contributed by atoms with Crippen molar-refractivity contribution in [1.29, 1.82) is 0 Å². The molecule has 2 heterocycles. The molecule has 0 atom stereocenters. The van der Waals surface area contributed by atoms with Gasteiger partial charge in [-0.05, 0) is 19.3 Å². The Bertz CT molecular complexity index is 578. The third-order valence-corrected chi connectivity index (χ3v) is 3.58. The molecule has 0 spiro atoms. The molecule has 1 saturated heterocycles. The second-order valence-corrected chi connectivity index (χ2v) is 5.27. The molecule has 5 nitrogen and oxygen atoms in total. The minimum Gasteiger partial charge on any atom is -0.354 e. The maximum atomic E-state index is 4.66. The Morgan fingerprint density at radius 3 is 2.52 bits per heavy atom.